The van der Waals surface area contributed by atoms with Crippen molar-refractivity contribution < 1.29 is 34.0 Å². The first-order chi connectivity index (χ1) is 2.00. The Kier molecular flexibility index (Phi) is 11.3. The third-order valence-electron chi connectivity index (χ3n) is 0. The Morgan fingerprint density at radius 3 is 1.14 bits per heavy atom. The van der Waals surface area contributed by atoms with Crippen LogP contribution in [0.3, 0.4) is 0 Å². The van der Waals surface area contributed by atoms with Gasteiger partial charge < -0.3 is 9.11 Å². The van der Waals surface area contributed by atoms with Crippen LogP contribution in [-0.4, -0.2) is 35.5 Å². The van der Waals surface area contributed by atoms with Crippen molar-refractivity contribution in [3.05, 3.63) is 0 Å². The predicted molar refractivity (Wildman–Crippen MR) is 20.4 cm³/mol. The molecule has 0 rings (SSSR count). The molecule has 0 fully saturated rings. The van der Waals surface area contributed by atoms with Crippen LogP contribution in [0, 0.1) is 0 Å². The largest absolute Gasteiger partial charge is 2.00 e. The molecule has 0 aliphatic heterocycles. The van der Waals surface area contributed by atoms with E-state index in [1.807, 2.05) is 0 Å². The van der Waals surface area contributed by atoms with E-state index in [9.17, 15) is 0 Å². The Bertz CT molecular complexity index is 94.9. The van der Waals surface area contributed by atoms with Crippen molar-refractivity contribution in [1.29, 1.82) is 0 Å². The van der Waals surface area contributed by atoms with E-state index >= 15 is 0 Å². The van der Waals surface area contributed by atoms with Crippen molar-refractivity contribution in [1.82, 2.24) is 0 Å². The number of hydrogen-bond donors (Lipinski definition) is 0. The number of rotatable bonds is 0. The third kappa shape index (κ3) is 197. The van der Waals surface area contributed by atoms with Crippen LogP contribution in [-0.2, 0) is 26.9 Å². The molecule has 0 amide bonds. The number of hydrogen-bond acceptors (Lipinski definition) is 4. The summed E-state index contributed by atoms with van der Waals surface area (Å²) in [5, 5.41) is 0. The monoisotopic (exact) mass is 232 g/mol. The molecule has 0 aromatic heterocycles. The molecule has 0 aromatic rings. The zero-order valence-corrected chi connectivity index (χ0v) is 7.84. The fourth-order valence-electron chi connectivity index (χ4n) is 0. The first kappa shape index (κ1) is 15.7. The van der Waals surface area contributed by atoms with Gasteiger partial charge in [0.2, 0.25) is 0 Å². The van der Waals surface area contributed by atoms with Gasteiger partial charge in [-0.2, -0.15) is 0 Å². The van der Waals surface area contributed by atoms with Gasteiger partial charge in [0.05, 0.1) is 0 Å². The first-order valence-electron chi connectivity index (χ1n) is 0.667. The van der Waals surface area contributed by atoms with E-state index in [0.29, 0.717) is 0 Å². The van der Waals surface area contributed by atoms with Crippen LogP contribution in [0.2, 0.25) is 0 Å². The third-order valence-corrected chi connectivity index (χ3v) is 0. The Morgan fingerprint density at radius 1 is 1.14 bits per heavy atom. The van der Waals surface area contributed by atoms with Gasteiger partial charge in [0.15, 0.2) is 0 Å². The maximum Gasteiger partial charge on any atom is 2.00 e. The van der Waals surface area contributed by atoms with Crippen LogP contribution in [0.25, 0.3) is 0 Å². The molecule has 0 N–H and O–H groups in total. The molecule has 1 atom stereocenters. The van der Waals surface area contributed by atoms with E-state index in [4.69, 9.17) is 17.5 Å². The van der Waals surface area contributed by atoms with Gasteiger partial charge in [-0.15, -0.1) is 0 Å². The van der Waals surface area contributed by atoms with E-state index in [1.165, 1.54) is 0 Å². The van der Waals surface area contributed by atoms with Gasteiger partial charge in [0, 0.05) is 10.4 Å². The molecule has 1 unspecified atom stereocenters. The summed E-state index contributed by atoms with van der Waals surface area (Å²) in [7, 11) is -5.17. The van der Waals surface area contributed by atoms with Gasteiger partial charge in [-0.1, -0.05) is 0 Å². The van der Waals surface area contributed by atoms with E-state index < -0.39 is 10.4 Å². The van der Waals surface area contributed by atoms with Crippen molar-refractivity contribution in [2.24, 2.45) is 0 Å². The average molecular weight is 233 g/mol. The molecule has 0 saturated heterocycles. The molecule has 0 spiro atoms. The second kappa shape index (κ2) is 5.07. The van der Waals surface area contributed by atoms with Gasteiger partial charge >= 0.3 is 34.4 Å². The fourth-order valence-corrected chi connectivity index (χ4v) is 0. The first-order valence-corrected chi connectivity index (χ1v) is 2.00. The summed E-state index contributed by atoms with van der Waals surface area (Å²) in [5.41, 5.74) is 0. The molecule has 4 nitrogen and oxygen atoms in total. The molecular weight excluding hydrogens is 230 g/mol. The minimum absolute atomic E-state index is 0. The van der Waals surface area contributed by atoms with E-state index in [-0.39, 0.29) is 34.4 Å². The smallest absolute Gasteiger partial charge is 2.00 e. The summed E-state index contributed by atoms with van der Waals surface area (Å²) in [6, 6.07) is 0. The molecular formula is H3AsNiO4S. The van der Waals surface area contributed by atoms with Gasteiger partial charge in [0.25, 0.3) is 0 Å². The molecule has 48 valence electrons. The minimum atomic E-state index is -5.17. The predicted octanol–water partition coefficient (Wildman–Crippen LogP) is -2.52. The van der Waals surface area contributed by atoms with E-state index in [0.717, 1.165) is 0 Å². The van der Waals surface area contributed by atoms with Crippen molar-refractivity contribution in [2.75, 3.05) is 0 Å². The zero-order valence-electron chi connectivity index (χ0n) is 3.06. The van der Waals surface area contributed by atoms with Crippen LogP contribution in [0.5, 0.6) is 0 Å². The average Bonchev–Trinajstić information content (AvgIpc) is 0.722. The summed E-state index contributed by atoms with van der Waals surface area (Å²) < 4.78 is 34.1. The normalized spacial score (nSPS) is 8.29. The van der Waals surface area contributed by atoms with E-state index in [2.05, 4.69) is 0 Å². The van der Waals surface area contributed by atoms with E-state index in [1.54, 1.807) is 0 Å². The summed E-state index contributed by atoms with van der Waals surface area (Å²) >= 11 is 0. The van der Waals surface area contributed by atoms with Crippen LogP contribution >= 0.6 is 0 Å². The molecule has 0 aromatic carbocycles. The van der Waals surface area contributed by atoms with Crippen molar-refractivity contribution in [3.8, 4) is 0 Å². The quantitative estimate of drug-likeness (QED) is 0.262. The fraction of sp³-hybridized carbons (Fsp3) is 0. The Hall–Kier alpha value is 0.922. The SMILES string of the molecule is O=S(=O)([O-])[O-].[AsH3].[Ni+2]. The van der Waals surface area contributed by atoms with Gasteiger partial charge in [-0.05, 0) is 0 Å². The molecule has 7 heteroatoms. The Balaban J connectivity index is -0.0000000800. The topological polar surface area (TPSA) is 80.3 Å². The van der Waals surface area contributed by atoms with Crippen molar-refractivity contribution in [3.63, 3.8) is 0 Å². The van der Waals surface area contributed by atoms with Crippen molar-refractivity contribution in [2.45, 2.75) is 0 Å². The Labute approximate surface area is 62.5 Å². The van der Waals surface area contributed by atoms with Gasteiger partial charge in [0.1, 0.15) is 0 Å². The van der Waals surface area contributed by atoms with Crippen LogP contribution < -0.4 is 0 Å². The minimum Gasteiger partial charge on any atom is 2.00 e. The second-order valence-electron chi connectivity index (χ2n) is 0.408. The Morgan fingerprint density at radius 2 is 1.14 bits per heavy atom. The zero-order chi connectivity index (χ0) is 4.50. The molecule has 0 aliphatic rings. The summed E-state index contributed by atoms with van der Waals surface area (Å²) in [6.07, 6.45) is 0. The summed E-state index contributed by atoms with van der Waals surface area (Å²) in [6.45, 7) is 0. The van der Waals surface area contributed by atoms with Crippen LogP contribution in [0.1, 0.15) is 0 Å². The summed E-state index contributed by atoms with van der Waals surface area (Å²) in [5.74, 6) is 0. The molecule has 0 bridgehead atoms. The van der Waals surface area contributed by atoms with Gasteiger partial charge in [-0.3, -0.25) is 8.42 Å². The van der Waals surface area contributed by atoms with Crippen LogP contribution in [0.15, 0.2) is 0 Å². The standard InChI is InChI=1S/AsH3.Ni.H2O4S/c;;1-5(2,3)4/h1H3;;(H2,1,2,3,4)/q;+2;/p-2. The molecule has 0 heterocycles. The van der Waals surface area contributed by atoms with Crippen LogP contribution in [0.4, 0.5) is 0 Å². The molecule has 0 aliphatic carbocycles. The molecule has 0 radical (unpaired) electrons. The van der Waals surface area contributed by atoms with Gasteiger partial charge in [-0.25, -0.2) is 0 Å². The second-order valence-corrected chi connectivity index (χ2v) is 1.22. The molecule has 7 heavy (non-hydrogen) atoms. The maximum atomic E-state index is 8.52. The summed E-state index contributed by atoms with van der Waals surface area (Å²) in [4.78, 5) is 0. The molecule has 0 saturated carbocycles. The maximum absolute atomic E-state index is 8.52. The van der Waals surface area contributed by atoms with Crippen molar-refractivity contribution >= 4 is 28.4 Å².